The summed E-state index contributed by atoms with van der Waals surface area (Å²) in [6, 6.07) is 3.70. The fourth-order valence-corrected chi connectivity index (χ4v) is 2.40. The summed E-state index contributed by atoms with van der Waals surface area (Å²) in [5.41, 5.74) is 2.72. The minimum Gasteiger partial charge on any atom is -0.316 e. The van der Waals surface area contributed by atoms with Gasteiger partial charge < -0.3 is 9.72 Å². The summed E-state index contributed by atoms with van der Waals surface area (Å²) in [6.07, 6.45) is 7.13. The molecule has 17 heavy (non-hydrogen) atoms. The van der Waals surface area contributed by atoms with E-state index in [-0.39, 0.29) is 0 Å². The van der Waals surface area contributed by atoms with Gasteiger partial charge in [0.2, 0.25) is 0 Å². The first-order chi connectivity index (χ1) is 8.36. The van der Waals surface area contributed by atoms with E-state index >= 15 is 0 Å². The molecule has 4 nitrogen and oxygen atoms in total. The number of nitrogens with zero attached hydrogens (tertiary/aromatic N) is 2. The Morgan fingerprint density at radius 3 is 3.12 bits per heavy atom. The van der Waals surface area contributed by atoms with Crippen LogP contribution in [-0.2, 0) is 0 Å². The Bertz CT molecular complexity index is 541. The molecule has 0 saturated carbocycles. The van der Waals surface area contributed by atoms with Crippen molar-refractivity contribution < 1.29 is 4.79 Å². The number of hydrogen-bond donors (Lipinski definition) is 1. The van der Waals surface area contributed by atoms with Gasteiger partial charge in [-0.25, -0.2) is 4.98 Å². The predicted molar refractivity (Wildman–Crippen MR) is 65.4 cm³/mol. The van der Waals surface area contributed by atoms with E-state index < -0.39 is 0 Å². The van der Waals surface area contributed by atoms with Crippen molar-refractivity contribution in [3.05, 3.63) is 35.8 Å². The molecule has 3 heterocycles. The first kappa shape index (κ1) is 10.5. The molecule has 0 aromatic carbocycles. The quantitative estimate of drug-likeness (QED) is 0.796. The molecule has 4 heteroatoms. The third kappa shape index (κ3) is 1.96. The van der Waals surface area contributed by atoms with Crippen molar-refractivity contribution in [3.8, 4) is 0 Å². The molecule has 2 aromatic rings. The summed E-state index contributed by atoms with van der Waals surface area (Å²) in [6.45, 7) is 2.11. The summed E-state index contributed by atoms with van der Waals surface area (Å²) in [4.78, 5) is 15.3. The monoisotopic (exact) mass is 229 g/mol. The zero-order valence-electron chi connectivity index (χ0n) is 9.60. The molecular formula is C13H15N3O. The van der Waals surface area contributed by atoms with Gasteiger partial charge in [-0.3, -0.25) is 4.79 Å². The lowest BCUT2D eigenvalue weighted by Crippen LogP contribution is -2.28. The molecule has 0 amide bonds. The number of carbonyl (C=O) groups is 1. The number of imidazole rings is 1. The minimum absolute atomic E-state index is 0.503. The van der Waals surface area contributed by atoms with Crippen LogP contribution in [-0.4, -0.2) is 28.8 Å². The summed E-state index contributed by atoms with van der Waals surface area (Å²) in [5, 5.41) is 3.39. The van der Waals surface area contributed by atoms with Crippen LogP contribution in [0.15, 0.2) is 24.5 Å². The Hall–Kier alpha value is -1.68. The second kappa shape index (κ2) is 4.30. The number of aldehydes is 1. The molecule has 1 aliphatic rings. The van der Waals surface area contributed by atoms with E-state index in [1.54, 1.807) is 6.07 Å². The highest BCUT2D eigenvalue weighted by Gasteiger charge is 2.17. The second-order valence-electron chi connectivity index (χ2n) is 4.55. The van der Waals surface area contributed by atoms with Crippen molar-refractivity contribution in [2.75, 3.05) is 13.1 Å². The number of rotatable bonds is 2. The van der Waals surface area contributed by atoms with Crippen LogP contribution in [0.1, 0.15) is 34.8 Å². The van der Waals surface area contributed by atoms with Crippen LogP contribution in [0.4, 0.5) is 0 Å². The van der Waals surface area contributed by atoms with Crippen molar-refractivity contribution in [3.63, 3.8) is 0 Å². The van der Waals surface area contributed by atoms with Gasteiger partial charge in [0, 0.05) is 30.4 Å². The number of nitrogens with one attached hydrogen (secondary N) is 1. The third-order valence-electron chi connectivity index (χ3n) is 3.34. The van der Waals surface area contributed by atoms with E-state index in [1.807, 2.05) is 22.9 Å². The summed E-state index contributed by atoms with van der Waals surface area (Å²) >= 11 is 0. The predicted octanol–water partition coefficient (Wildman–Crippen LogP) is 1.61. The number of piperidine rings is 1. The molecule has 1 aliphatic heterocycles. The molecule has 2 aromatic heterocycles. The molecule has 0 aliphatic carbocycles. The third-order valence-corrected chi connectivity index (χ3v) is 3.34. The average Bonchev–Trinajstić information content (AvgIpc) is 2.82. The first-order valence-electron chi connectivity index (χ1n) is 6.01. The van der Waals surface area contributed by atoms with Gasteiger partial charge in [0.1, 0.15) is 5.65 Å². The summed E-state index contributed by atoms with van der Waals surface area (Å²) in [7, 11) is 0. The Balaban J connectivity index is 1.97. The van der Waals surface area contributed by atoms with E-state index in [0.29, 0.717) is 11.5 Å². The fraction of sp³-hybridized carbons (Fsp3) is 0.385. The highest BCUT2D eigenvalue weighted by atomic mass is 16.1. The van der Waals surface area contributed by atoms with E-state index in [0.717, 1.165) is 30.7 Å². The largest absolute Gasteiger partial charge is 0.316 e. The lowest BCUT2D eigenvalue weighted by atomic mass is 9.97. The van der Waals surface area contributed by atoms with Crippen molar-refractivity contribution in [1.82, 2.24) is 14.7 Å². The van der Waals surface area contributed by atoms with Gasteiger partial charge in [0.25, 0.3) is 0 Å². The maximum Gasteiger partial charge on any atom is 0.151 e. The van der Waals surface area contributed by atoms with Crippen molar-refractivity contribution in [1.29, 1.82) is 0 Å². The second-order valence-corrected chi connectivity index (χ2v) is 4.55. The topological polar surface area (TPSA) is 46.4 Å². The fourth-order valence-electron chi connectivity index (χ4n) is 2.40. The van der Waals surface area contributed by atoms with Gasteiger partial charge in [-0.1, -0.05) is 0 Å². The molecule has 0 bridgehead atoms. The highest BCUT2D eigenvalue weighted by Crippen LogP contribution is 2.22. The molecule has 0 radical (unpaired) electrons. The van der Waals surface area contributed by atoms with Gasteiger partial charge in [0.05, 0.1) is 5.69 Å². The molecule has 1 fully saturated rings. The Labute approximate surface area is 99.7 Å². The zero-order valence-corrected chi connectivity index (χ0v) is 9.60. The van der Waals surface area contributed by atoms with Crippen LogP contribution in [0.2, 0.25) is 0 Å². The number of carbonyl (C=O) groups excluding carboxylic acids is 1. The van der Waals surface area contributed by atoms with Crippen molar-refractivity contribution >= 4 is 11.9 Å². The van der Waals surface area contributed by atoms with Crippen LogP contribution < -0.4 is 5.32 Å². The van der Waals surface area contributed by atoms with E-state index in [4.69, 9.17) is 0 Å². The Morgan fingerprint density at radius 2 is 2.35 bits per heavy atom. The SMILES string of the molecule is O=Cc1ccc2nc(C3CCCNC3)cn2c1. The first-order valence-corrected chi connectivity index (χ1v) is 6.01. The van der Waals surface area contributed by atoms with Gasteiger partial charge in [-0.15, -0.1) is 0 Å². The number of pyridine rings is 1. The van der Waals surface area contributed by atoms with Crippen LogP contribution in [0, 0.1) is 0 Å². The molecule has 1 unspecified atom stereocenters. The number of aromatic nitrogens is 2. The summed E-state index contributed by atoms with van der Waals surface area (Å²) < 4.78 is 1.94. The van der Waals surface area contributed by atoms with Gasteiger partial charge in [-0.2, -0.15) is 0 Å². The summed E-state index contributed by atoms with van der Waals surface area (Å²) in [5.74, 6) is 0.503. The lowest BCUT2D eigenvalue weighted by Gasteiger charge is -2.20. The van der Waals surface area contributed by atoms with Crippen LogP contribution in [0.25, 0.3) is 5.65 Å². The molecule has 1 atom stereocenters. The van der Waals surface area contributed by atoms with E-state index in [9.17, 15) is 4.79 Å². The van der Waals surface area contributed by atoms with E-state index in [1.165, 1.54) is 12.8 Å². The van der Waals surface area contributed by atoms with Crippen LogP contribution >= 0.6 is 0 Å². The highest BCUT2D eigenvalue weighted by molar-refractivity contribution is 5.74. The van der Waals surface area contributed by atoms with Crippen molar-refractivity contribution in [2.45, 2.75) is 18.8 Å². The molecule has 0 spiro atoms. The minimum atomic E-state index is 0.503. The number of hydrogen-bond acceptors (Lipinski definition) is 3. The maximum absolute atomic E-state index is 10.7. The van der Waals surface area contributed by atoms with Crippen LogP contribution in [0.3, 0.4) is 0 Å². The smallest absolute Gasteiger partial charge is 0.151 e. The molecular weight excluding hydrogens is 214 g/mol. The molecule has 3 rings (SSSR count). The van der Waals surface area contributed by atoms with Gasteiger partial charge >= 0.3 is 0 Å². The maximum atomic E-state index is 10.7. The normalized spacial score (nSPS) is 20.6. The molecule has 1 saturated heterocycles. The Kier molecular flexibility index (Phi) is 2.65. The average molecular weight is 229 g/mol. The van der Waals surface area contributed by atoms with Crippen molar-refractivity contribution in [2.24, 2.45) is 0 Å². The number of fused-ring (bicyclic) bond motifs is 1. The van der Waals surface area contributed by atoms with E-state index in [2.05, 4.69) is 10.3 Å². The van der Waals surface area contributed by atoms with Gasteiger partial charge in [-0.05, 0) is 31.5 Å². The standard InChI is InChI=1S/C13H15N3O/c17-9-10-3-4-13-15-12(8-16(13)7-10)11-2-1-5-14-6-11/h3-4,7-9,11,14H,1-2,5-6H2. The van der Waals surface area contributed by atoms with Gasteiger partial charge in [0.15, 0.2) is 6.29 Å². The Morgan fingerprint density at radius 1 is 1.41 bits per heavy atom. The van der Waals surface area contributed by atoms with Crippen LogP contribution in [0.5, 0.6) is 0 Å². The molecule has 88 valence electrons. The molecule has 1 N–H and O–H groups in total. The zero-order chi connectivity index (χ0) is 11.7. The lowest BCUT2D eigenvalue weighted by molar-refractivity contribution is 0.112.